The molecule has 0 saturated carbocycles. The van der Waals surface area contributed by atoms with E-state index in [1.54, 1.807) is 29.7 Å². The Hall–Kier alpha value is -1.17. The van der Waals surface area contributed by atoms with Crippen LogP contribution in [0.5, 0.6) is 0 Å². The minimum absolute atomic E-state index is 0.100. The monoisotopic (exact) mass is 254 g/mol. The summed E-state index contributed by atoms with van der Waals surface area (Å²) in [7, 11) is 1.79. The highest BCUT2D eigenvalue weighted by Gasteiger charge is 2.36. The number of thioether (sulfide) groups is 1. The summed E-state index contributed by atoms with van der Waals surface area (Å²) in [4.78, 5) is 12.1. The van der Waals surface area contributed by atoms with E-state index in [1.807, 2.05) is 6.92 Å². The van der Waals surface area contributed by atoms with Crippen LogP contribution in [0.3, 0.4) is 0 Å². The first kappa shape index (κ1) is 12.3. The fraction of sp³-hybridized carbons (Fsp3) is 0.636. The Bertz CT molecular complexity index is 423. The summed E-state index contributed by atoms with van der Waals surface area (Å²) < 4.78 is 1.34. The molecule has 1 aliphatic rings. The number of aryl methyl sites for hydroxylation is 1. The van der Waals surface area contributed by atoms with Gasteiger partial charge in [-0.05, 0) is 25.5 Å². The Morgan fingerprint density at radius 3 is 3.06 bits per heavy atom. The molecule has 94 valence electrons. The average Bonchev–Trinajstić information content (AvgIpc) is 2.87. The number of nitrogens with two attached hydrogens (primary N) is 1. The molecule has 0 aromatic carbocycles. The highest BCUT2D eigenvalue weighted by atomic mass is 32.2. The first-order valence-electron chi connectivity index (χ1n) is 5.71. The van der Waals surface area contributed by atoms with Gasteiger partial charge in [0.25, 0.3) is 0 Å². The minimum atomic E-state index is -0.267. The Labute approximate surface area is 105 Å². The number of rotatable bonds is 3. The van der Waals surface area contributed by atoms with E-state index in [0.717, 1.165) is 24.2 Å². The number of amides is 1. The lowest BCUT2D eigenvalue weighted by Gasteiger charge is -2.21. The lowest BCUT2D eigenvalue weighted by Crippen LogP contribution is -2.39. The van der Waals surface area contributed by atoms with Gasteiger partial charge in [0.15, 0.2) is 0 Å². The third kappa shape index (κ3) is 2.41. The lowest BCUT2D eigenvalue weighted by molar-refractivity contribution is -0.123. The first-order chi connectivity index (χ1) is 8.03. The molecular formula is C11H18N4OS. The Kier molecular flexibility index (Phi) is 3.33. The zero-order valence-electron chi connectivity index (χ0n) is 10.2. The Morgan fingerprint density at radius 1 is 1.76 bits per heavy atom. The number of carbonyl (C=O) groups excluding carboxylic acids is 1. The first-order valence-corrected chi connectivity index (χ1v) is 6.70. The van der Waals surface area contributed by atoms with E-state index in [0.29, 0.717) is 12.4 Å². The Balaban J connectivity index is 1.94. The third-order valence-electron chi connectivity index (χ3n) is 3.20. The molecule has 5 nitrogen and oxygen atoms in total. The van der Waals surface area contributed by atoms with Crippen molar-refractivity contribution in [3.05, 3.63) is 11.8 Å². The lowest BCUT2D eigenvalue weighted by atomic mass is 10.0. The van der Waals surface area contributed by atoms with Crippen molar-refractivity contribution in [1.82, 2.24) is 15.1 Å². The normalized spacial score (nSPS) is 23.9. The number of nitrogens with one attached hydrogen (secondary N) is 1. The molecule has 0 spiro atoms. The van der Waals surface area contributed by atoms with E-state index in [2.05, 4.69) is 10.4 Å². The van der Waals surface area contributed by atoms with Crippen LogP contribution in [0.4, 0.5) is 5.82 Å². The van der Waals surface area contributed by atoms with Gasteiger partial charge >= 0.3 is 0 Å². The summed E-state index contributed by atoms with van der Waals surface area (Å²) in [5, 5.41) is 6.99. The largest absolute Gasteiger partial charge is 0.384 e. The molecule has 1 fully saturated rings. The van der Waals surface area contributed by atoms with Gasteiger partial charge in [0.05, 0.1) is 10.9 Å². The van der Waals surface area contributed by atoms with Crippen molar-refractivity contribution in [1.29, 1.82) is 0 Å². The van der Waals surface area contributed by atoms with Crippen molar-refractivity contribution in [2.24, 2.45) is 7.05 Å². The smallest absolute Gasteiger partial charge is 0.236 e. The topological polar surface area (TPSA) is 72.9 Å². The van der Waals surface area contributed by atoms with Crippen LogP contribution in [-0.2, 0) is 18.4 Å². The molecule has 1 saturated heterocycles. The van der Waals surface area contributed by atoms with Gasteiger partial charge in [-0.3, -0.25) is 9.48 Å². The maximum Gasteiger partial charge on any atom is 0.236 e. The molecule has 2 rings (SSSR count). The molecule has 1 aromatic heterocycles. The van der Waals surface area contributed by atoms with Gasteiger partial charge in [0, 0.05) is 19.2 Å². The predicted molar refractivity (Wildman–Crippen MR) is 69.6 cm³/mol. The number of hydrogen-bond acceptors (Lipinski definition) is 4. The van der Waals surface area contributed by atoms with Gasteiger partial charge in [0.2, 0.25) is 5.91 Å². The summed E-state index contributed by atoms with van der Waals surface area (Å²) >= 11 is 1.73. The molecule has 1 aromatic rings. The summed E-state index contributed by atoms with van der Waals surface area (Å²) in [6, 6.07) is 0. The second-order valence-corrected chi connectivity index (χ2v) is 6.14. The van der Waals surface area contributed by atoms with E-state index < -0.39 is 0 Å². The summed E-state index contributed by atoms with van der Waals surface area (Å²) in [5.74, 6) is 1.77. The summed E-state index contributed by atoms with van der Waals surface area (Å²) in [5.41, 5.74) is 6.69. The van der Waals surface area contributed by atoms with Crippen LogP contribution < -0.4 is 11.1 Å². The van der Waals surface area contributed by atoms with E-state index >= 15 is 0 Å². The number of nitrogen functional groups attached to an aromatic ring is 1. The number of anilines is 1. The molecule has 3 N–H and O–H groups in total. The van der Waals surface area contributed by atoms with Crippen molar-refractivity contribution >= 4 is 23.5 Å². The molecule has 0 aliphatic carbocycles. The number of nitrogens with zero attached hydrogens (tertiary/aromatic N) is 2. The van der Waals surface area contributed by atoms with Crippen molar-refractivity contribution in [3.63, 3.8) is 0 Å². The van der Waals surface area contributed by atoms with E-state index in [9.17, 15) is 4.79 Å². The fourth-order valence-corrected chi connectivity index (χ4v) is 3.18. The van der Waals surface area contributed by atoms with Crippen LogP contribution in [0.2, 0.25) is 0 Å². The quantitative estimate of drug-likeness (QED) is 0.840. The molecule has 17 heavy (non-hydrogen) atoms. The van der Waals surface area contributed by atoms with Gasteiger partial charge in [-0.25, -0.2) is 0 Å². The van der Waals surface area contributed by atoms with Crippen molar-refractivity contribution < 1.29 is 4.79 Å². The molecule has 1 unspecified atom stereocenters. The van der Waals surface area contributed by atoms with Crippen molar-refractivity contribution in [2.75, 3.05) is 11.5 Å². The van der Waals surface area contributed by atoms with Gasteiger partial charge in [-0.1, -0.05) is 0 Å². The van der Waals surface area contributed by atoms with Gasteiger partial charge in [-0.2, -0.15) is 5.10 Å². The van der Waals surface area contributed by atoms with Crippen LogP contribution >= 0.6 is 11.8 Å². The zero-order valence-corrected chi connectivity index (χ0v) is 11.0. The maximum absolute atomic E-state index is 12.1. The average molecular weight is 254 g/mol. The third-order valence-corrected chi connectivity index (χ3v) is 4.72. The van der Waals surface area contributed by atoms with Gasteiger partial charge < -0.3 is 11.1 Å². The molecule has 6 heteroatoms. The highest BCUT2D eigenvalue weighted by molar-refractivity contribution is 8.01. The fourth-order valence-electron chi connectivity index (χ4n) is 1.95. The molecule has 0 radical (unpaired) electrons. The zero-order chi connectivity index (χ0) is 12.5. The second kappa shape index (κ2) is 4.60. The minimum Gasteiger partial charge on any atom is -0.384 e. The summed E-state index contributed by atoms with van der Waals surface area (Å²) in [6.45, 7) is 2.46. The van der Waals surface area contributed by atoms with Crippen LogP contribution in [0, 0.1) is 0 Å². The molecule has 1 aliphatic heterocycles. The standard InChI is InChI=1S/C11H18N4OS/c1-11(4-3-5-17-11)10(16)13-6-8-7-14-15(2)9(8)12/h7H,3-6,12H2,1-2H3,(H,13,16). The van der Waals surface area contributed by atoms with Crippen LogP contribution in [0.1, 0.15) is 25.3 Å². The molecule has 0 bridgehead atoms. The Morgan fingerprint density at radius 2 is 2.53 bits per heavy atom. The molecule has 1 atom stereocenters. The van der Waals surface area contributed by atoms with Crippen molar-refractivity contribution in [3.8, 4) is 0 Å². The highest BCUT2D eigenvalue weighted by Crippen LogP contribution is 2.37. The number of carbonyl (C=O) groups is 1. The SMILES string of the molecule is Cn1ncc(CNC(=O)C2(C)CCCS2)c1N. The van der Waals surface area contributed by atoms with E-state index in [-0.39, 0.29) is 10.7 Å². The molecule has 1 amide bonds. The van der Waals surface area contributed by atoms with Crippen LogP contribution in [0.25, 0.3) is 0 Å². The van der Waals surface area contributed by atoms with Gasteiger partial charge in [0.1, 0.15) is 5.82 Å². The number of aromatic nitrogens is 2. The summed E-state index contributed by atoms with van der Waals surface area (Å²) in [6.07, 6.45) is 3.76. The van der Waals surface area contributed by atoms with Crippen molar-refractivity contribution in [2.45, 2.75) is 31.1 Å². The van der Waals surface area contributed by atoms with E-state index in [1.165, 1.54) is 0 Å². The molecule has 2 heterocycles. The predicted octanol–water partition coefficient (Wildman–Crippen LogP) is 0.904. The van der Waals surface area contributed by atoms with Gasteiger partial charge in [-0.15, -0.1) is 11.8 Å². The second-order valence-electron chi connectivity index (χ2n) is 4.54. The molecular weight excluding hydrogens is 236 g/mol. The van der Waals surface area contributed by atoms with Crippen LogP contribution in [0.15, 0.2) is 6.20 Å². The maximum atomic E-state index is 12.1. The van der Waals surface area contributed by atoms with Crippen LogP contribution in [-0.4, -0.2) is 26.2 Å². The van der Waals surface area contributed by atoms with E-state index in [4.69, 9.17) is 5.73 Å². The number of hydrogen-bond donors (Lipinski definition) is 2.